The summed E-state index contributed by atoms with van der Waals surface area (Å²) in [6.07, 6.45) is 5.50. The van der Waals surface area contributed by atoms with Crippen LogP contribution in [0.5, 0.6) is 5.88 Å². The Morgan fingerprint density at radius 2 is 1.89 bits per heavy atom. The van der Waals surface area contributed by atoms with E-state index in [0.29, 0.717) is 19.0 Å². The van der Waals surface area contributed by atoms with Crippen molar-refractivity contribution in [3.8, 4) is 5.88 Å². The van der Waals surface area contributed by atoms with Crippen LogP contribution in [0.3, 0.4) is 0 Å². The smallest absolute Gasteiger partial charge is 0.233 e. The molecule has 0 spiro atoms. The van der Waals surface area contributed by atoms with Crippen molar-refractivity contribution >= 4 is 0 Å². The first-order valence-corrected chi connectivity index (χ1v) is 5.93. The van der Waals surface area contributed by atoms with Gasteiger partial charge in [0.05, 0.1) is 12.3 Å². The number of aryl methyl sites for hydroxylation is 1. The number of pyridine rings is 1. The summed E-state index contributed by atoms with van der Waals surface area (Å²) >= 11 is 0. The molecule has 0 saturated heterocycles. The minimum Gasteiger partial charge on any atom is -0.477 e. The van der Waals surface area contributed by atoms with Gasteiger partial charge in [0.25, 0.3) is 0 Å². The van der Waals surface area contributed by atoms with Gasteiger partial charge in [-0.3, -0.25) is 4.98 Å². The third kappa shape index (κ3) is 3.78. The molecule has 0 aliphatic heterocycles. The van der Waals surface area contributed by atoms with Crippen LogP contribution < -0.4 is 10.5 Å². The van der Waals surface area contributed by atoms with Crippen LogP contribution in [0.25, 0.3) is 0 Å². The van der Waals surface area contributed by atoms with Gasteiger partial charge in [-0.15, -0.1) is 5.10 Å². The SMILES string of the molecule is NCc1ccc(OCCCc2ccncc2)nn1. The lowest BCUT2D eigenvalue weighted by molar-refractivity contribution is 0.295. The Hall–Kier alpha value is -2.01. The van der Waals surface area contributed by atoms with Gasteiger partial charge in [-0.25, -0.2) is 0 Å². The topological polar surface area (TPSA) is 73.9 Å². The highest BCUT2D eigenvalue weighted by Crippen LogP contribution is 2.06. The Balaban J connectivity index is 1.72. The average molecular weight is 244 g/mol. The van der Waals surface area contributed by atoms with Gasteiger partial charge in [0, 0.05) is 25.0 Å². The molecule has 0 aliphatic rings. The predicted molar refractivity (Wildman–Crippen MR) is 68.0 cm³/mol. The molecule has 0 aliphatic carbocycles. The largest absolute Gasteiger partial charge is 0.477 e. The van der Waals surface area contributed by atoms with E-state index < -0.39 is 0 Å². The van der Waals surface area contributed by atoms with E-state index in [-0.39, 0.29) is 0 Å². The Bertz CT molecular complexity index is 458. The van der Waals surface area contributed by atoms with Crippen LogP contribution in [0.2, 0.25) is 0 Å². The number of nitrogens with zero attached hydrogens (tertiary/aromatic N) is 3. The second-order valence-electron chi connectivity index (χ2n) is 3.87. The standard InChI is InChI=1S/C13H16N4O/c14-10-12-3-4-13(17-16-12)18-9-1-2-11-5-7-15-8-6-11/h3-8H,1-2,9-10,14H2. The first-order valence-electron chi connectivity index (χ1n) is 5.93. The second-order valence-corrected chi connectivity index (χ2v) is 3.87. The molecule has 2 aromatic rings. The van der Waals surface area contributed by atoms with Crippen molar-refractivity contribution < 1.29 is 4.74 Å². The van der Waals surface area contributed by atoms with E-state index in [1.54, 1.807) is 18.5 Å². The molecular formula is C13H16N4O. The molecular weight excluding hydrogens is 228 g/mol. The van der Waals surface area contributed by atoms with Crippen molar-refractivity contribution in [1.82, 2.24) is 15.2 Å². The monoisotopic (exact) mass is 244 g/mol. The number of hydrogen-bond donors (Lipinski definition) is 1. The van der Waals surface area contributed by atoms with Crippen LogP contribution in [0, 0.1) is 0 Å². The zero-order valence-electron chi connectivity index (χ0n) is 10.1. The number of ether oxygens (including phenoxy) is 1. The maximum atomic E-state index is 5.50. The Morgan fingerprint density at radius 1 is 1.06 bits per heavy atom. The molecule has 0 atom stereocenters. The third-order valence-electron chi connectivity index (χ3n) is 2.51. The summed E-state index contributed by atoms with van der Waals surface area (Å²) in [5.74, 6) is 0.543. The summed E-state index contributed by atoms with van der Waals surface area (Å²) in [5.41, 5.74) is 7.46. The zero-order chi connectivity index (χ0) is 12.6. The predicted octanol–water partition coefficient (Wildman–Crippen LogP) is 1.34. The number of rotatable bonds is 6. The normalized spacial score (nSPS) is 10.3. The van der Waals surface area contributed by atoms with Crippen LogP contribution in [-0.2, 0) is 13.0 Å². The maximum absolute atomic E-state index is 5.50. The lowest BCUT2D eigenvalue weighted by Crippen LogP contribution is -2.04. The van der Waals surface area contributed by atoms with E-state index in [0.717, 1.165) is 18.5 Å². The Kier molecular flexibility index (Phi) is 4.60. The van der Waals surface area contributed by atoms with E-state index in [1.165, 1.54) is 5.56 Å². The molecule has 5 heteroatoms. The van der Waals surface area contributed by atoms with Crippen molar-refractivity contribution in [2.45, 2.75) is 19.4 Å². The van der Waals surface area contributed by atoms with Gasteiger partial charge in [-0.2, -0.15) is 5.10 Å². The van der Waals surface area contributed by atoms with Crippen LogP contribution in [0.15, 0.2) is 36.7 Å². The summed E-state index contributed by atoms with van der Waals surface area (Å²) in [4.78, 5) is 3.98. The van der Waals surface area contributed by atoms with E-state index in [2.05, 4.69) is 15.2 Å². The van der Waals surface area contributed by atoms with E-state index in [4.69, 9.17) is 10.5 Å². The summed E-state index contributed by atoms with van der Waals surface area (Å²) in [6, 6.07) is 7.64. The zero-order valence-corrected chi connectivity index (χ0v) is 10.1. The second kappa shape index (κ2) is 6.66. The maximum Gasteiger partial charge on any atom is 0.233 e. The summed E-state index contributed by atoms with van der Waals surface area (Å²) in [7, 11) is 0. The first-order chi connectivity index (χ1) is 8.88. The quantitative estimate of drug-likeness (QED) is 0.776. The molecule has 0 radical (unpaired) electrons. The van der Waals surface area contributed by atoms with E-state index in [9.17, 15) is 0 Å². The van der Waals surface area contributed by atoms with Gasteiger partial charge in [0.15, 0.2) is 0 Å². The molecule has 0 amide bonds. The molecule has 0 bridgehead atoms. The van der Waals surface area contributed by atoms with Crippen LogP contribution in [0.4, 0.5) is 0 Å². The molecule has 94 valence electrons. The molecule has 2 aromatic heterocycles. The van der Waals surface area contributed by atoms with Crippen LogP contribution in [-0.4, -0.2) is 21.8 Å². The third-order valence-corrected chi connectivity index (χ3v) is 2.51. The number of hydrogen-bond acceptors (Lipinski definition) is 5. The molecule has 0 unspecified atom stereocenters. The lowest BCUT2D eigenvalue weighted by atomic mass is 10.1. The van der Waals surface area contributed by atoms with Gasteiger partial charge < -0.3 is 10.5 Å². The summed E-state index contributed by atoms with van der Waals surface area (Å²) in [6.45, 7) is 1.02. The van der Waals surface area contributed by atoms with Crippen LogP contribution >= 0.6 is 0 Å². The minimum absolute atomic E-state index is 0.398. The molecule has 0 fully saturated rings. The molecule has 5 nitrogen and oxygen atoms in total. The average Bonchev–Trinajstić information content (AvgIpc) is 2.45. The van der Waals surface area contributed by atoms with Crippen molar-refractivity contribution in [3.05, 3.63) is 47.9 Å². The number of aromatic nitrogens is 3. The lowest BCUT2D eigenvalue weighted by Gasteiger charge is -2.04. The van der Waals surface area contributed by atoms with Gasteiger partial charge in [0.2, 0.25) is 5.88 Å². The molecule has 2 heterocycles. The van der Waals surface area contributed by atoms with Gasteiger partial charge in [-0.05, 0) is 36.6 Å². The fourth-order valence-electron chi connectivity index (χ4n) is 1.54. The minimum atomic E-state index is 0.398. The summed E-state index contributed by atoms with van der Waals surface area (Å²) < 4.78 is 5.50. The van der Waals surface area contributed by atoms with Crippen LogP contribution in [0.1, 0.15) is 17.7 Å². The van der Waals surface area contributed by atoms with E-state index >= 15 is 0 Å². The molecule has 0 aromatic carbocycles. The van der Waals surface area contributed by atoms with Gasteiger partial charge in [-0.1, -0.05) is 0 Å². The molecule has 2 rings (SSSR count). The Morgan fingerprint density at radius 3 is 2.56 bits per heavy atom. The van der Waals surface area contributed by atoms with Gasteiger partial charge >= 0.3 is 0 Å². The molecule has 0 saturated carbocycles. The highest BCUT2D eigenvalue weighted by molar-refractivity contribution is 5.11. The fraction of sp³-hybridized carbons (Fsp3) is 0.308. The summed E-state index contributed by atoms with van der Waals surface area (Å²) in [5, 5.41) is 7.86. The Labute approximate surface area is 106 Å². The highest BCUT2D eigenvalue weighted by atomic mass is 16.5. The van der Waals surface area contributed by atoms with Gasteiger partial charge in [0.1, 0.15) is 0 Å². The van der Waals surface area contributed by atoms with E-state index in [1.807, 2.05) is 18.2 Å². The molecule has 18 heavy (non-hydrogen) atoms. The molecule has 2 N–H and O–H groups in total. The van der Waals surface area contributed by atoms with Crippen molar-refractivity contribution in [2.24, 2.45) is 5.73 Å². The van der Waals surface area contributed by atoms with Crippen molar-refractivity contribution in [1.29, 1.82) is 0 Å². The first kappa shape index (κ1) is 12.4. The fourth-order valence-corrected chi connectivity index (χ4v) is 1.54. The number of nitrogens with two attached hydrogens (primary N) is 1. The van der Waals surface area contributed by atoms with Crippen molar-refractivity contribution in [2.75, 3.05) is 6.61 Å². The van der Waals surface area contributed by atoms with Crippen molar-refractivity contribution in [3.63, 3.8) is 0 Å². The highest BCUT2D eigenvalue weighted by Gasteiger charge is 1.98.